The maximum absolute atomic E-state index is 10.6. The Morgan fingerprint density at radius 1 is 1.70 bits per heavy atom. The van der Waals surface area contributed by atoms with E-state index < -0.39 is 5.76 Å². The number of hydrogen-bond acceptors (Lipinski definition) is 4. The Bertz CT molecular complexity index is 309. The minimum absolute atomic E-state index is 0.275. The van der Waals surface area contributed by atoms with Gasteiger partial charge in [-0.15, -0.1) is 0 Å². The second-order valence-corrected chi connectivity index (χ2v) is 1.85. The molecule has 0 atom stereocenters. The van der Waals surface area contributed by atoms with Gasteiger partial charge in [-0.05, 0) is 6.92 Å². The lowest BCUT2D eigenvalue weighted by Crippen LogP contribution is -2.20. The van der Waals surface area contributed by atoms with Crippen LogP contribution in [-0.2, 0) is 0 Å². The van der Waals surface area contributed by atoms with E-state index in [1.807, 2.05) is 0 Å². The molecule has 0 aliphatic heterocycles. The van der Waals surface area contributed by atoms with Crippen LogP contribution in [0.3, 0.4) is 0 Å². The Labute approximate surface area is 56.2 Å². The molecule has 1 heterocycles. The molecule has 0 radical (unpaired) electrons. The zero-order chi connectivity index (χ0) is 7.72. The molecule has 0 spiro atoms. The van der Waals surface area contributed by atoms with Crippen LogP contribution >= 0.6 is 0 Å². The van der Waals surface area contributed by atoms with Gasteiger partial charge in [-0.2, -0.15) is 4.57 Å². The molecule has 5 heteroatoms. The number of carbonyl (C=O) groups excluding carboxylic acids is 1. The smallest absolute Gasteiger partial charge is 0.295 e. The van der Waals surface area contributed by atoms with Gasteiger partial charge in [0, 0.05) is 6.92 Å². The highest BCUT2D eigenvalue weighted by molar-refractivity contribution is 5.76. The second kappa shape index (κ2) is 2.09. The molecule has 10 heavy (non-hydrogen) atoms. The molecule has 1 aromatic rings. The number of rotatable bonds is 0. The number of nitrogens with zero attached hydrogens (tertiary/aromatic N) is 2. The van der Waals surface area contributed by atoms with Crippen molar-refractivity contribution in [1.29, 1.82) is 0 Å². The molecule has 0 aliphatic carbocycles. The molecule has 0 amide bonds. The van der Waals surface area contributed by atoms with Crippen molar-refractivity contribution in [3.63, 3.8) is 0 Å². The van der Waals surface area contributed by atoms with Crippen LogP contribution in [0.5, 0.6) is 0 Å². The van der Waals surface area contributed by atoms with Crippen molar-refractivity contribution >= 4 is 5.91 Å². The van der Waals surface area contributed by atoms with Crippen molar-refractivity contribution in [3.05, 3.63) is 16.4 Å². The van der Waals surface area contributed by atoms with E-state index in [9.17, 15) is 9.59 Å². The van der Waals surface area contributed by atoms with Gasteiger partial charge in [0.15, 0.2) is 5.82 Å². The minimum atomic E-state index is -0.731. The van der Waals surface area contributed by atoms with E-state index in [2.05, 4.69) is 9.68 Å². The fourth-order valence-corrected chi connectivity index (χ4v) is 0.675. The van der Waals surface area contributed by atoms with Gasteiger partial charge in [0.05, 0.1) is 0 Å². The van der Waals surface area contributed by atoms with E-state index in [-0.39, 0.29) is 11.7 Å². The van der Waals surface area contributed by atoms with Crippen LogP contribution in [0.2, 0.25) is 0 Å². The van der Waals surface area contributed by atoms with E-state index in [1.54, 1.807) is 0 Å². The highest BCUT2D eigenvalue weighted by Crippen LogP contribution is 1.86. The van der Waals surface area contributed by atoms with Gasteiger partial charge in [0.25, 0.3) is 0 Å². The third kappa shape index (κ3) is 0.854. The average Bonchev–Trinajstić information content (AvgIpc) is 2.11. The number of hydrogen-bond donors (Lipinski definition) is 0. The standard InChI is InChI=1S/C5H6N2O3/c1-3-6-10-5(9)7(3)4(2)8/h1-2H3. The Hall–Kier alpha value is -1.39. The number of aromatic nitrogens is 2. The maximum Gasteiger partial charge on any atom is 0.448 e. The monoisotopic (exact) mass is 142 g/mol. The first-order valence-electron chi connectivity index (χ1n) is 2.69. The topological polar surface area (TPSA) is 65.1 Å². The highest BCUT2D eigenvalue weighted by Gasteiger charge is 2.08. The van der Waals surface area contributed by atoms with E-state index >= 15 is 0 Å². The van der Waals surface area contributed by atoms with Gasteiger partial charge in [0.2, 0.25) is 5.91 Å². The number of carbonyl (C=O) groups is 1. The summed E-state index contributed by atoms with van der Waals surface area (Å²) in [6, 6.07) is 0. The first-order valence-corrected chi connectivity index (χ1v) is 2.69. The molecule has 1 rings (SSSR count). The van der Waals surface area contributed by atoms with Crippen LogP contribution in [0.15, 0.2) is 9.32 Å². The molecule has 0 unspecified atom stereocenters. The summed E-state index contributed by atoms with van der Waals surface area (Å²) in [4.78, 5) is 21.2. The molecule has 0 aromatic carbocycles. The van der Waals surface area contributed by atoms with Crippen molar-refractivity contribution in [1.82, 2.24) is 9.72 Å². The first-order chi connectivity index (χ1) is 4.63. The maximum atomic E-state index is 10.6. The van der Waals surface area contributed by atoms with Crippen LogP contribution in [0.25, 0.3) is 0 Å². The first kappa shape index (κ1) is 6.73. The molecule has 0 N–H and O–H groups in total. The third-order valence-corrected chi connectivity index (χ3v) is 1.08. The van der Waals surface area contributed by atoms with Gasteiger partial charge in [-0.25, -0.2) is 4.79 Å². The second-order valence-electron chi connectivity index (χ2n) is 1.85. The summed E-state index contributed by atoms with van der Waals surface area (Å²) in [6.45, 7) is 2.79. The van der Waals surface area contributed by atoms with Gasteiger partial charge in [-0.3, -0.25) is 9.32 Å². The summed E-state index contributed by atoms with van der Waals surface area (Å²) in [5.74, 6) is -0.841. The van der Waals surface area contributed by atoms with Crippen LogP contribution in [-0.4, -0.2) is 15.6 Å². The lowest BCUT2D eigenvalue weighted by molar-refractivity contribution is 0.0926. The number of aryl methyl sites for hydroxylation is 1. The summed E-state index contributed by atoms with van der Waals surface area (Å²) < 4.78 is 5.05. The summed E-state index contributed by atoms with van der Waals surface area (Å²) in [5, 5.41) is 3.29. The highest BCUT2D eigenvalue weighted by atomic mass is 16.5. The Morgan fingerprint density at radius 3 is 2.50 bits per heavy atom. The summed E-state index contributed by atoms with van der Waals surface area (Å²) in [6.07, 6.45) is 0. The van der Waals surface area contributed by atoms with Crippen LogP contribution in [0.1, 0.15) is 17.5 Å². The minimum Gasteiger partial charge on any atom is -0.295 e. The summed E-state index contributed by atoms with van der Waals surface area (Å²) >= 11 is 0. The van der Waals surface area contributed by atoms with Crippen LogP contribution in [0, 0.1) is 6.92 Å². The predicted molar refractivity (Wildman–Crippen MR) is 31.8 cm³/mol. The zero-order valence-electron chi connectivity index (χ0n) is 5.62. The molecule has 1 aromatic heterocycles. The van der Waals surface area contributed by atoms with Gasteiger partial charge >= 0.3 is 5.76 Å². The van der Waals surface area contributed by atoms with Crippen molar-refractivity contribution in [3.8, 4) is 0 Å². The van der Waals surface area contributed by atoms with Crippen molar-refractivity contribution in [2.24, 2.45) is 0 Å². The van der Waals surface area contributed by atoms with Crippen molar-refractivity contribution < 1.29 is 9.32 Å². The molecule has 0 saturated heterocycles. The van der Waals surface area contributed by atoms with Gasteiger partial charge < -0.3 is 0 Å². The molecule has 0 aliphatic rings. The Kier molecular flexibility index (Phi) is 1.41. The van der Waals surface area contributed by atoms with Crippen molar-refractivity contribution in [2.45, 2.75) is 13.8 Å². The van der Waals surface area contributed by atoms with E-state index in [4.69, 9.17) is 0 Å². The fraction of sp³-hybridized carbons (Fsp3) is 0.400. The molecule has 0 fully saturated rings. The Balaban J connectivity index is 3.37. The van der Waals surface area contributed by atoms with E-state index in [1.165, 1.54) is 13.8 Å². The van der Waals surface area contributed by atoms with Crippen LogP contribution < -0.4 is 5.76 Å². The molecule has 0 saturated carbocycles. The molecule has 54 valence electrons. The third-order valence-electron chi connectivity index (χ3n) is 1.08. The van der Waals surface area contributed by atoms with Crippen LogP contribution in [0.4, 0.5) is 0 Å². The molecular weight excluding hydrogens is 136 g/mol. The molecule has 5 nitrogen and oxygen atoms in total. The largest absolute Gasteiger partial charge is 0.448 e. The molecular formula is C5H6N2O3. The lowest BCUT2D eigenvalue weighted by atomic mass is 10.6. The SMILES string of the molecule is CC(=O)n1c(C)noc1=O. The van der Waals surface area contributed by atoms with Gasteiger partial charge in [-0.1, -0.05) is 5.16 Å². The normalized spacial score (nSPS) is 9.80. The van der Waals surface area contributed by atoms with E-state index in [0.717, 1.165) is 4.57 Å². The summed E-state index contributed by atoms with van der Waals surface area (Å²) in [7, 11) is 0. The lowest BCUT2D eigenvalue weighted by Gasteiger charge is -1.89. The molecule has 0 bridgehead atoms. The summed E-state index contributed by atoms with van der Waals surface area (Å²) in [5.41, 5.74) is 0. The van der Waals surface area contributed by atoms with Gasteiger partial charge in [0.1, 0.15) is 0 Å². The Morgan fingerprint density at radius 2 is 2.30 bits per heavy atom. The fourth-order valence-electron chi connectivity index (χ4n) is 0.675. The predicted octanol–water partition coefficient (Wildman–Crippen LogP) is -0.195. The quantitative estimate of drug-likeness (QED) is 0.503. The van der Waals surface area contributed by atoms with Crippen molar-refractivity contribution in [2.75, 3.05) is 0 Å². The average molecular weight is 142 g/mol. The van der Waals surface area contributed by atoms with E-state index in [0.29, 0.717) is 0 Å². The zero-order valence-corrected chi connectivity index (χ0v) is 5.62.